The predicted octanol–water partition coefficient (Wildman–Crippen LogP) is 2.21. The van der Waals surface area contributed by atoms with E-state index in [1.54, 1.807) is 24.3 Å². The molecular weight excluding hydrogens is 217 g/mol. The lowest BCUT2D eigenvalue weighted by Crippen LogP contribution is -2.08. The molecule has 2 aromatic carbocycles. The monoisotopic (exact) mass is 227 g/mol. The minimum atomic E-state index is -0.469. The molecule has 2 N–H and O–H groups in total. The molecule has 1 amide bonds. The Balaban J connectivity index is 2.51. The molecule has 0 spiro atoms. The molecule has 84 valence electrons. The maximum Gasteiger partial charge on any atom is 0.229 e. The number of carbonyl (C=O) groups is 1. The number of fused-ring (bicyclic) bond motifs is 1. The number of halogens is 1. The second kappa shape index (κ2) is 4.67. The summed E-state index contributed by atoms with van der Waals surface area (Å²) in [5, 5.41) is 1.27. The highest BCUT2D eigenvalue weighted by Gasteiger charge is 2.02. The van der Waals surface area contributed by atoms with Crippen LogP contribution in [0.1, 0.15) is 12.0 Å². The van der Waals surface area contributed by atoms with Crippen LogP contribution in [0.3, 0.4) is 0 Å². The number of rotatable bonds is 1. The highest BCUT2D eigenvalue weighted by atomic mass is 19.1. The Labute approximate surface area is 98.2 Å². The van der Waals surface area contributed by atoms with Crippen LogP contribution in [0.4, 0.5) is 4.39 Å². The average molecular weight is 227 g/mol. The van der Waals surface area contributed by atoms with Crippen molar-refractivity contribution in [3.05, 3.63) is 47.8 Å². The Morgan fingerprint density at radius 1 is 1.18 bits per heavy atom. The van der Waals surface area contributed by atoms with Crippen molar-refractivity contribution in [3.8, 4) is 11.8 Å². The van der Waals surface area contributed by atoms with Crippen LogP contribution in [0.2, 0.25) is 0 Å². The first-order valence-electron chi connectivity index (χ1n) is 5.13. The zero-order chi connectivity index (χ0) is 12.3. The van der Waals surface area contributed by atoms with Gasteiger partial charge in [-0.3, -0.25) is 4.79 Å². The summed E-state index contributed by atoms with van der Waals surface area (Å²) in [6.45, 7) is 0. The predicted molar refractivity (Wildman–Crippen MR) is 64.6 cm³/mol. The smallest absolute Gasteiger partial charge is 0.229 e. The molecule has 2 aromatic rings. The number of hydrogen-bond acceptors (Lipinski definition) is 1. The van der Waals surface area contributed by atoms with Gasteiger partial charge < -0.3 is 5.73 Å². The summed E-state index contributed by atoms with van der Waals surface area (Å²) in [5.41, 5.74) is 5.69. The number of nitrogens with two attached hydrogens (primary N) is 1. The second-order valence-corrected chi connectivity index (χ2v) is 3.59. The van der Waals surface area contributed by atoms with Crippen molar-refractivity contribution in [1.82, 2.24) is 0 Å². The molecule has 0 unspecified atom stereocenters. The van der Waals surface area contributed by atoms with E-state index in [0.717, 1.165) is 5.39 Å². The summed E-state index contributed by atoms with van der Waals surface area (Å²) in [6, 6.07) is 10.1. The van der Waals surface area contributed by atoms with Gasteiger partial charge in [0.2, 0.25) is 5.91 Å². The van der Waals surface area contributed by atoms with Crippen molar-refractivity contribution in [3.63, 3.8) is 0 Å². The Hall–Kier alpha value is -2.34. The molecule has 17 heavy (non-hydrogen) atoms. The highest BCUT2D eigenvalue weighted by molar-refractivity contribution is 5.88. The van der Waals surface area contributed by atoms with Gasteiger partial charge in [0.1, 0.15) is 5.82 Å². The fourth-order valence-electron chi connectivity index (χ4n) is 1.60. The largest absolute Gasteiger partial charge is 0.369 e. The van der Waals surface area contributed by atoms with Crippen molar-refractivity contribution in [2.45, 2.75) is 6.42 Å². The number of benzene rings is 2. The van der Waals surface area contributed by atoms with Gasteiger partial charge in [-0.1, -0.05) is 36.1 Å². The third-order valence-electron chi connectivity index (χ3n) is 2.36. The first kappa shape index (κ1) is 11.2. The molecule has 0 fully saturated rings. The van der Waals surface area contributed by atoms with Gasteiger partial charge in [-0.15, -0.1) is 0 Å². The lowest BCUT2D eigenvalue weighted by molar-refractivity contribution is -0.117. The lowest BCUT2D eigenvalue weighted by atomic mass is 10.0. The van der Waals surface area contributed by atoms with Gasteiger partial charge in [-0.25, -0.2) is 4.39 Å². The number of carbonyl (C=O) groups excluding carboxylic acids is 1. The van der Waals surface area contributed by atoms with Crippen LogP contribution in [0.15, 0.2) is 36.4 Å². The minimum Gasteiger partial charge on any atom is -0.369 e. The van der Waals surface area contributed by atoms with Gasteiger partial charge in [0.15, 0.2) is 0 Å². The van der Waals surface area contributed by atoms with Crippen LogP contribution < -0.4 is 5.73 Å². The third kappa shape index (κ3) is 2.43. The Morgan fingerprint density at radius 2 is 1.88 bits per heavy atom. The molecule has 0 radical (unpaired) electrons. The van der Waals surface area contributed by atoms with E-state index < -0.39 is 5.91 Å². The van der Waals surface area contributed by atoms with Gasteiger partial charge in [0.05, 0.1) is 6.42 Å². The van der Waals surface area contributed by atoms with E-state index in [-0.39, 0.29) is 12.2 Å². The second-order valence-electron chi connectivity index (χ2n) is 3.59. The van der Waals surface area contributed by atoms with Crippen molar-refractivity contribution in [1.29, 1.82) is 0 Å². The first-order valence-corrected chi connectivity index (χ1v) is 5.13. The zero-order valence-corrected chi connectivity index (χ0v) is 9.03. The van der Waals surface area contributed by atoms with E-state index in [4.69, 9.17) is 5.73 Å². The molecule has 0 aliphatic carbocycles. The maximum atomic E-state index is 13.5. The summed E-state index contributed by atoms with van der Waals surface area (Å²) in [5.74, 6) is 4.75. The summed E-state index contributed by atoms with van der Waals surface area (Å²) >= 11 is 0. The van der Waals surface area contributed by atoms with Crippen LogP contribution >= 0.6 is 0 Å². The summed E-state index contributed by atoms with van der Waals surface area (Å²) in [7, 11) is 0. The standard InChI is InChI=1S/C14H10FNO/c15-13-9-8-10(4-3-7-14(16)17)11-5-1-2-6-12(11)13/h1-2,5-6,8-9H,7H2,(H2,16,17). The molecule has 0 aliphatic heterocycles. The van der Waals surface area contributed by atoms with Crippen LogP contribution in [0.25, 0.3) is 10.8 Å². The topological polar surface area (TPSA) is 43.1 Å². The molecule has 0 aliphatic rings. The van der Waals surface area contributed by atoms with Crippen LogP contribution in [0, 0.1) is 17.7 Å². The van der Waals surface area contributed by atoms with Crippen LogP contribution in [-0.4, -0.2) is 5.91 Å². The number of hydrogen-bond donors (Lipinski definition) is 1. The van der Waals surface area contributed by atoms with Crippen molar-refractivity contribution >= 4 is 16.7 Å². The Bertz CT molecular complexity index is 637. The Kier molecular flexibility index (Phi) is 3.06. The molecular formula is C14H10FNO. The molecule has 0 atom stereocenters. The summed E-state index contributed by atoms with van der Waals surface area (Å²) < 4.78 is 13.5. The molecule has 0 saturated carbocycles. The SMILES string of the molecule is NC(=O)CC#Cc1ccc(F)c2ccccc12. The highest BCUT2D eigenvalue weighted by Crippen LogP contribution is 2.20. The fraction of sp³-hybridized carbons (Fsp3) is 0.0714. The van der Waals surface area contributed by atoms with Crippen molar-refractivity contribution < 1.29 is 9.18 Å². The number of primary amides is 1. The van der Waals surface area contributed by atoms with E-state index in [0.29, 0.717) is 10.9 Å². The normalized spacial score (nSPS) is 9.71. The van der Waals surface area contributed by atoms with E-state index in [1.165, 1.54) is 6.07 Å². The van der Waals surface area contributed by atoms with E-state index in [1.807, 2.05) is 6.07 Å². The summed E-state index contributed by atoms with van der Waals surface area (Å²) in [6.07, 6.45) is 0.00566. The van der Waals surface area contributed by atoms with E-state index in [2.05, 4.69) is 11.8 Å². The molecule has 0 heterocycles. The third-order valence-corrected chi connectivity index (χ3v) is 2.36. The van der Waals surface area contributed by atoms with Gasteiger partial charge in [-0.05, 0) is 12.1 Å². The van der Waals surface area contributed by atoms with Gasteiger partial charge in [0.25, 0.3) is 0 Å². The van der Waals surface area contributed by atoms with Crippen molar-refractivity contribution in [2.75, 3.05) is 0 Å². The molecule has 0 aromatic heterocycles. The molecule has 0 saturated heterocycles. The quantitative estimate of drug-likeness (QED) is 0.746. The lowest BCUT2D eigenvalue weighted by Gasteiger charge is -2.01. The van der Waals surface area contributed by atoms with Gasteiger partial charge in [-0.2, -0.15) is 0 Å². The minimum absolute atomic E-state index is 0.00566. The van der Waals surface area contributed by atoms with E-state index in [9.17, 15) is 9.18 Å². The van der Waals surface area contributed by atoms with Crippen molar-refractivity contribution in [2.24, 2.45) is 5.73 Å². The first-order chi connectivity index (χ1) is 8.18. The molecule has 0 bridgehead atoms. The molecule has 2 rings (SSSR count). The Morgan fingerprint density at radius 3 is 2.59 bits per heavy atom. The van der Waals surface area contributed by atoms with Crippen LogP contribution in [0.5, 0.6) is 0 Å². The van der Waals surface area contributed by atoms with E-state index >= 15 is 0 Å². The molecule has 2 nitrogen and oxygen atoms in total. The molecule has 3 heteroatoms. The number of amides is 1. The average Bonchev–Trinajstić information content (AvgIpc) is 2.32. The zero-order valence-electron chi connectivity index (χ0n) is 9.03. The van der Waals surface area contributed by atoms with Gasteiger partial charge >= 0.3 is 0 Å². The summed E-state index contributed by atoms with van der Waals surface area (Å²) in [4.78, 5) is 10.6. The maximum absolute atomic E-state index is 13.5. The van der Waals surface area contributed by atoms with Gasteiger partial charge in [0, 0.05) is 16.3 Å². The fourth-order valence-corrected chi connectivity index (χ4v) is 1.60. The van der Waals surface area contributed by atoms with Crippen LogP contribution in [-0.2, 0) is 4.79 Å².